The first kappa shape index (κ1) is 35.4. The number of phenols is 3. The van der Waals surface area contributed by atoms with Crippen LogP contribution >= 0.6 is 11.8 Å². The fourth-order valence-electron chi connectivity index (χ4n) is 4.39. The number of aliphatic hydroxyl groups is 2. The second-order valence-electron chi connectivity index (χ2n) is 10.8. The molecule has 6 N–H and O–H groups in total. The molecule has 3 atom stereocenters. The predicted octanol–water partition coefficient (Wildman–Crippen LogP) is -2.81. The van der Waals surface area contributed by atoms with Crippen molar-refractivity contribution < 1.29 is 44.6 Å². The fourth-order valence-corrected chi connectivity index (χ4v) is 5.34. The van der Waals surface area contributed by atoms with Crippen molar-refractivity contribution >= 4 is 66.3 Å². The fraction of sp³-hybridized carbons (Fsp3) is 0.267. The summed E-state index contributed by atoms with van der Waals surface area (Å²) in [4.78, 5) is 24.7. The van der Waals surface area contributed by atoms with E-state index >= 15 is 0 Å². The largest absolute Gasteiger partial charge is 0.507 e. The topological polar surface area (TPSA) is 166 Å². The maximum Gasteiger partial charge on any atom is 0.223 e. The molecule has 2 unspecified atom stereocenters. The third-order valence-electron chi connectivity index (χ3n) is 7.62. The third-order valence-corrected chi connectivity index (χ3v) is 8.82. The molecule has 45 heavy (non-hydrogen) atoms. The Bertz CT molecular complexity index is 1590. The molecule has 0 aliphatic heterocycles. The number of hydrogen-bond acceptors (Lipinski definition) is 10. The number of ether oxygens (including phenoxy) is 2. The van der Waals surface area contributed by atoms with E-state index in [0.29, 0.717) is 46.6 Å². The van der Waals surface area contributed by atoms with Crippen LogP contribution in [0.3, 0.4) is 0 Å². The molecule has 1 amide bonds. The van der Waals surface area contributed by atoms with E-state index in [1.165, 1.54) is 40.6 Å². The molecule has 15 heteroatoms. The molecule has 232 valence electrons. The normalized spacial score (nSPS) is 14.1. The minimum absolute atomic E-state index is 0.0675. The molecular weight excluding hydrogens is 594 g/mol. The smallest absolute Gasteiger partial charge is 0.223 e. The summed E-state index contributed by atoms with van der Waals surface area (Å²) in [6.07, 6.45) is 0.430. The Balaban J connectivity index is 1.63. The number of carbonyl (C=O) groups excluding carboxylic acids is 2. The average molecular weight is 629 g/mol. The summed E-state index contributed by atoms with van der Waals surface area (Å²) in [6, 6.07) is 11.7. The second kappa shape index (κ2) is 14.8. The Labute approximate surface area is 270 Å². The number of rotatable bonds is 12. The number of thioether (sulfide) groups is 1. The van der Waals surface area contributed by atoms with Gasteiger partial charge in [0.25, 0.3) is 0 Å². The monoisotopic (exact) mass is 629 g/mol. The summed E-state index contributed by atoms with van der Waals surface area (Å²) in [5, 5.41) is 54.7. The van der Waals surface area contributed by atoms with Gasteiger partial charge >= 0.3 is 0 Å². The maximum atomic E-state index is 12.9. The highest BCUT2D eigenvalue weighted by Gasteiger charge is 2.44. The zero-order chi connectivity index (χ0) is 33.5. The van der Waals surface area contributed by atoms with Gasteiger partial charge in [0.15, 0.2) is 38.7 Å². The van der Waals surface area contributed by atoms with Crippen molar-refractivity contribution in [2.45, 2.75) is 35.5 Å². The number of phenolic OH excluding ortho intramolecular Hbond substituents is 3. The van der Waals surface area contributed by atoms with Crippen molar-refractivity contribution in [1.29, 1.82) is 0 Å². The van der Waals surface area contributed by atoms with E-state index in [2.05, 4.69) is 17.2 Å². The molecular formula is C30H35B4NO9S. The van der Waals surface area contributed by atoms with Gasteiger partial charge in [-0.3, -0.25) is 4.79 Å². The number of carbonyl (C=O) groups is 2. The number of benzene rings is 3. The number of nitrogens with one attached hydrogen (secondary N) is 1. The molecule has 3 rings (SSSR count). The van der Waals surface area contributed by atoms with Gasteiger partial charge in [0, 0.05) is 17.7 Å². The molecule has 10 nitrogen and oxygen atoms in total. The molecule has 0 aliphatic rings. The summed E-state index contributed by atoms with van der Waals surface area (Å²) >= 11 is 1.24. The van der Waals surface area contributed by atoms with Crippen LogP contribution in [0.25, 0.3) is 0 Å². The van der Waals surface area contributed by atoms with Crippen LogP contribution in [0.15, 0.2) is 42.5 Å². The van der Waals surface area contributed by atoms with Gasteiger partial charge in [-0.15, -0.1) is 11.8 Å². The van der Waals surface area contributed by atoms with Crippen molar-refractivity contribution in [3.05, 3.63) is 64.7 Å². The van der Waals surface area contributed by atoms with Crippen molar-refractivity contribution in [3.8, 4) is 40.6 Å². The van der Waals surface area contributed by atoms with E-state index in [0.717, 1.165) is 5.56 Å². The summed E-state index contributed by atoms with van der Waals surface area (Å²) in [5.74, 6) is 5.14. The van der Waals surface area contributed by atoms with Crippen LogP contribution < -0.4 is 25.7 Å². The third kappa shape index (κ3) is 8.14. The second-order valence-corrected chi connectivity index (χ2v) is 12.0. The minimum atomic E-state index is -2.10. The molecule has 0 fully saturated rings. The van der Waals surface area contributed by atoms with Crippen molar-refractivity contribution in [1.82, 2.24) is 5.32 Å². The van der Waals surface area contributed by atoms with Gasteiger partial charge < -0.3 is 45.1 Å². The lowest BCUT2D eigenvalue weighted by Crippen LogP contribution is -2.64. The first-order valence-corrected chi connectivity index (χ1v) is 15.2. The first-order chi connectivity index (χ1) is 21.2. The molecule has 0 aliphatic carbocycles. The molecule has 3 aromatic rings. The number of aromatic hydroxyl groups is 3. The zero-order valence-corrected chi connectivity index (χ0v) is 26.9. The van der Waals surface area contributed by atoms with Gasteiger partial charge in [0.1, 0.15) is 38.9 Å². The Hall–Kier alpha value is -4.11. The van der Waals surface area contributed by atoms with Crippen LogP contribution in [0.2, 0.25) is 0 Å². The highest BCUT2D eigenvalue weighted by atomic mass is 32.2. The molecule has 3 aromatic carbocycles. The molecule has 0 saturated heterocycles. The molecule has 0 radical (unpaired) electrons. The SMILES string of the molecule is Bc1c(B)c(O)c(C#Cc2ccc(CS[C@@H](C=O)CC(=O)NC(B)(O)C(B)(O)c3ccc(OC)c(OCC)c3)cc2)c(O)c1O. The molecule has 0 bridgehead atoms. The van der Waals surface area contributed by atoms with Crippen LogP contribution in [0.4, 0.5) is 0 Å². The first-order valence-electron chi connectivity index (χ1n) is 14.2. The summed E-state index contributed by atoms with van der Waals surface area (Å²) in [5.41, 5.74) is -1.58. The van der Waals surface area contributed by atoms with Crippen molar-refractivity contribution in [2.75, 3.05) is 13.7 Å². The lowest BCUT2D eigenvalue weighted by atomic mass is 9.60. The van der Waals surface area contributed by atoms with Crippen LogP contribution in [0, 0.1) is 11.8 Å². The van der Waals surface area contributed by atoms with Gasteiger partial charge in [-0.1, -0.05) is 30.0 Å². The molecule has 0 saturated carbocycles. The minimum Gasteiger partial charge on any atom is -0.507 e. The van der Waals surface area contributed by atoms with E-state index in [-0.39, 0.29) is 29.0 Å². The zero-order valence-electron chi connectivity index (χ0n) is 26.1. The van der Waals surface area contributed by atoms with Gasteiger partial charge in [0.2, 0.25) is 5.91 Å². The molecule has 0 heterocycles. The Morgan fingerprint density at radius 2 is 1.64 bits per heavy atom. The average Bonchev–Trinajstić information content (AvgIpc) is 3.01. The molecule has 0 spiro atoms. The van der Waals surface area contributed by atoms with Gasteiger partial charge in [-0.05, 0) is 53.2 Å². The van der Waals surface area contributed by atoms with E-state index in [1.54, 1.807) is 59.0 Å². The van der Waals surface area contributed by atoms with Gasteiger partial charge in [0.05, 0.1) is 24.5 Å². The number of hydrogen-bond donors (Lipinski definition) is 6. The lowest BCUT2D eigenvalue weighted by Gasteiger charge is -2.40. The van der Waals surface area contributed by atoms with E-state index in [1.807, 2.05) is 0 Å². The Morgan fingerprint density at radius 3 is 2.24 bits per heavy atom. The van der Waals surface area contributed by atoms with E-state index in [9.17, 15) is 35.1 Å². The Morgan fingerprint density at radius 1 is 1.00 bits per heavy atom. The van der Waals surface area contributed by atoms with Crippen molar-refractivity contribution in [3.63, 3.8) is 0 Å². The summed E-state index contributed by atoms with van der Waals surface area (Å²) < 4.78 is 10.8. The lowest BCUT2D eigenvalue weighted by molar-refractivity contribution is -0.134. The standard InChI is InChI=1S/C30H35B4NO9S/c1-3-44-22-12-18(9-11-21(22)43-2)29(33,41)30(34,42)35-23(37)13-19(14-36)45-15-17-6-4-16(5-7-17)8-10-20-26(38)24(31)25(32)28(40)27(20)39/h4-7,9,11-12,14,19,38-42H,3,13,15,31-34H2,1-2H3,(H,35,37)/t19-,29?,30?/m1/s1. The van der Waals surface area contributed by atoms with E-state index < -0.39 is 28.0 Å². The predicted molar refractivity (Wildman–Crippen MR) is 184 cm³/mol. The van der Waals surface area contributed by atoms with E-state index in [4.69, 9.17) is 9.47 Å². The maximum absolute atomic E-state index is 12.9. The van der Waals surface area contributed by atoms with Crippen molar-refractivity contribution in [2.24, 2.45) is 0 Å². The number of amides is 1. The highest BCUT2D eigenvalue weighted by molar-refractivity contribution is 7.99. The quantitative estimate of drug-likeness (QED) is 0.0308. The van der Waals surface area contributed by atoms with Crippen LogP contribution in [0.5, 0.6) is 28.7 Å². The highest BCUT2D eigenvalue weighted by Crippen LogP contribution is 2.35. The summed E-state index contributed by atoms with van der Waals surface area (Å²) in [7, 11) is 7.32. The van der Waals surface area contributed by atoms with Crippen LogP contribution in [0.1, 0.15) is 35.6 Å². The Kier molecular flexibility index (Phi) is 11.6. The summed E-state index contributed by atoms with van der Waals surface area (Å²) in [6.45, 7) is 2.16. The number of aldehydes is 1. The van der Waals surface area contributed by atoms with Gasteiger partial charge in [-0.2, -0.15) is 0 Å². The van der Waals surface area contributed by atoms with Gasteiger partial charge in [-0.25, -0.2) is 0 Å². The molecule has 0 aromatic heterocycles. The van der Waals surface area contributed by atoms with Crippen LogP contribution in [-0.2, 0) is 20.8 Å². The number of methoxy groups -OCH3 is 1. The van der Waals surface area contributed by atoms with Crippen LogP contribution in [-0.4, -0.2) is 93.7 Å².